The van der Waals surface area contributed by atoms with Crippen LogP contribution in [0.3, 0.4) is 0 Å². The lowest BCUT2D eigenvalue weighted by Gasteiger charge is -2.20. The number of hydrogen-bond donors (Lipinski definition) is 2. The molecule has 1 heterocycles. The Morgan fingerprint density at radius 2 is 1.94 bits per heavy atom. The molecular formula is C25H39N3O4S. The molecule has 2 unspecified atom stereocenters. The summed E-state index contributed by atoms with van der Waals surface area (Å²) in [7, 11) is 0. The number of nitrogens with zero attached hydrogens (tertiary/aromatic N) is 1. The molecule has 1 aliphatic heterocycles. The number of amides is 2. The highest BCUT2D eigenvalue weighted by molar-refractivity contribution is 7.91. The largest absolute Gasteiger partial charge is 0.616 e. The SMILES string of the molecule is CCC(=O)CCCCC[C@H](NC(=O)C[S+](C)[O-])C(=O)NCCN1CCC(c2ccccc2)C1. The van der Waals surface area contributed by atoms with Gasteiger partial charge in [-0.25, -0.2) is 0 Å². The minimum absolute atomic E-state index is 0.108. The van der Waals surface area contributed by atoms with Crippen molar-refractivity contribution in [3.05, 3.63) is 35.9 Å². The van der Waals surface area contributed by atoms with Crippen LogP contribution in [0.25, 0.3) is 0 Å². The van der Waals surface area contributed by atoms with Crippen LogP contribution in [0, 0.1) is 0 Å². The summed E-state index contributed by atoms with van der Waals surface area (Å²) in [6.07, 6.45) is 6.59. The maximum Gasteiger partial charge on any atom is 0.270 e. The van der Waals surface area contributed by atoms with Gasteiger partial charge in [-0.05, 0) is 48.5 Å². The van der Waals surface area contributed by atoms with E-state index in [1.54, 1.807) is 0 Å². The number of ketones is 1. The van der Waals surface area contributed by atoms with Crippen molar-refractivity contribution in [3.63, 3.8) is 0 Å². The molecule has 1 aliphatic rings. The van der Waals surface area contributed by atoms with Crippen molar-refractivity contribution in [3.8, 4) is 0 Å². The molecule has 0 bridgehead atoms. The molecule has 0 spiro atoms. The third-order valence-corrected chi connectivity index (χ3v) is 6.77. The first-order chi connectivity index (χ1) is 15.9. The fourth-order valence-corrected chi connectivity index (χ4v) is 4.66. The topological polar surface area (TPSA) is 102 Å². The zero-order valence-electron chi connectivity index (χ0n) is 20.0. The lowest BCUT2D eigenvalue weighted by Crippen LogP contribution is -2.49. The summed E-state index contributed by atoms with van der Waals surface area (Å²) in [5.41, 5.74) is 1.36. The monoisotopic (exact) mass is 477 g/mol. The summed E-state index contributed by atoms with van der Waals surface area (Å²) in [4.78, 5) is 38.7. The minimum Gasteiger partial charge on any atom is -0.616 e. The first-order valence-corrected chi connectivity index (χ1v) is 13.8. The Bertz CT molecular complexity index is 744. The van der Waals surface area contributed by atoms with Gasteiger partial charge in [0.1, 0.15) is 11.8 Å². The van der Waals surface area contributed by atoms with Gasteiger partial charge in [-0.3, -0.25) is 14.4 Å². The molecule has 2 rings (SSSR count). The smallest absolute Gasteiger partial charge is 0.270 e. The van der Waals surface area contributed by atoms with Crippen molar-refractivity contribution in [2.24, 2.45) is 0 Å². The number of nitrogens with one attached hydrogen (secondary N) is 2. The Kier molecular flexibility index (Phi) is 12.5. The number of Topliss-reactive ketones (excluding diaryl/α,β-unsaturated/α-hetero) is 1. The van der Waals surface area contributed by atoms with Crippen molar-refractivity contribution in [2.45, 2.75) is 63.8 Å². The quantitative estimate of drug-likeness (QED) is 0.298. The van der Waals surface area contributed by atoms with Crippen LogP contribution in [0.1, 0.15) is 63.4 Å². The van der Waals surface area contributed by atoms with Gasteiger partial charge >= 0.3 is 0 Å². The van der Waals surface area contributed by atoms with E-state index in [1.165, 1.54) is 11.8 Å². The summed E-state index contributed by atoms with van der Waals surface area (Å²) < 4.78 is 11.4. The Balaban J connectivity index is 1.76. The molecule has 1 saturated heterocycles. The highest BCUT2D eigenvalue weighted by Crippen LogP contribution is 2.26. The van der Waals surface area contributed by atoms with E-state index in [0.717, 1.165) is 45.3 Å². The van der Waals surface area contributed by atoms with Gasteiger partial charge in [-0.2, -0.15) is 0 Å². The maximum atomic E-state index is 12.8. The highest BCUT2D eigenvalue weighted by Gasteiger charge is 2.25. The number of carbonyl (C=O) groups is 3. The van der Waals surface area contributed by atoms with Crippen molar-refractivity contribution < 1.29 is 18.9 Å². The molecule has 2 amide bonds. The maximum absolute atomic E-state index is 12.8. The van der Waals surface area contributed by atoms with Gasteiger partial charge in [0, 0.05) is 32.5 Å². The van der Waals surface area contributed by atoms with Crippen molar-refractivity contribution in [2.75, 3.05) is 38.2 Å². The van der Waals surface area contributed by atoms with E-state index in [9.17, 15) is 18.9 Å². The molecule has 1 aromatic carbocycles. The average molecular weight is 478 g/mol. The van der Waals surface area contributed by atoms with Gasteiger partial charge < -0.3 is 20.1 Å². The summed E-state index contributed by atoms with van der Waals surface area (Å²) >= 11 is -1.25. The highest BCUT2D eigenvalue weighted by atomic mass is 32.2. The second-order valence-corrected chi connectivity index (χ2v) is 10.3. The predicted octanol–water partition coefficient (Wildman–Crippen LogP) is 2.39. The molecule has 0 aliphatic carbocycles. The van der Waals surface area contributed by atoms with Gasteiger partial charge in [-0.1, -0.05) is 50.1 Å². The first-order valence-electron chi connectivity index (χ1n) is 12.0. The normalized spacial score (nSPS) is 18.0. The molecule has 1 fully saturated rings. The van der Waals surface area contributed by atoms with Crippen LogP contribution in [-0.4, -0.2) is 71.3 Å². The number of carbonyl (C=O) groups excluding carboxylic acids is 3. The van der Waals surface area contributed by atoms with E-state index in [2.05, 4.69) is 39.8 Å². The van der Waals surface area contributed by atoms with Crippen LogP contribution in [0.5, 0.6) is 0 Å². The van der Waals surface area contributed by atoms with E-state index >= 15 is 0 Å². The Morgan fingerprint density at radius 3 is 2.64 bits per heavy atom. The molecule has 0 saturated carbocycles. The summed E-state index contributed by atoms with van der Waals surface area (Å²) in [6, 6.07) is 9.88. The fraction of sp³-hybridized carbons (Fsp3) is 0.640. The number of hydrogen-bond acceptors (Lipinski definition) is 5. The predicted molar refractivity (Wildman–Crippen MR) is 132 cm³/mol. The average Bonchev–Trinajstić information content (AvgIpc) is 3.26. The molecule has 7 nitrogen and oxygen atoms in total. The van der Waals surface area contributed by atoms with E-state index < -0.39 is 17.2 Å². The van der Waals surface area contributed by atoms with E-state index in [0.29, 0.717) is 31.7 Å². The Hall–Kier alpha value is -1.90. The van der Waals surface area contributed by atoms with E-state index in [-0.39, 0.29) is 23.4 Å². The van der Waals surface area contributed by atoms with Gasteiger partial charge in [-0.15, -0.1) is 0 Å². The number of benzene rings is 1. The Labute approximate surface area is 201 Å². The first kappa shape index (κ1) is 27.3. The third kappa shape index (κ3) is 10.7. The van der Waals surface area contributed by atoms with Gasteiger partial charge in [0.25, 0.3) is 5.91 Å². The molecule has 184 valence electrons. The summed E-state index contributed by atoms with van der Waals surface area (Å²) in [5.74, 6) is 0.0997. The standard InChI is InChI=1S/C25H39N3O4S/c1-3-22(29)12-8-5-9-13-23(27-24(30)19-33(2)32)25(31)26-15-17-28-16-14-21(18-28)20-10-6-4-7-11-20/h4,6-7,10-11,21,23H,3,5,8-9,12-19H2,1-2H3,(H,26,31)(H,27,30)/t21?,23-,33?/m0/s1. The zero-order chi connectivity index (χ0) is 24.1. The second kappa shape index (κ2) is 15.1. The molecule has 2 N–H and O–H groups in total. The van der Waals surface area contributed by atoms with Gasteiger partial charge in [0.05, 0.1) is 6.26 Å². The molecule has 1 aromatic rings. The van der Waals surface area contributed by atoms with Crippen LogP contribution < -0.4 is 10.6 Å². The lowest BCUT2D eigenvalue weighted by molar-refractivity contribution is -0.128. The van der Waals surface area contributed by atoms with E-state index in [1.807, 2.05) is 13.0 Å². The molecule has 0 aromatic heterocycles. The lowest BCUT2D eigenvalue weighted by atomic mass is 9.99. The van der Waals surface area contributed by atoms with Gasteiger partial charge in [0.2, 0.25) is 5.91 Å². The third-order valence-electron chi connectivity index (χ3n) is 6.10. The van der Waals surface area contributed by atoms with Crippen molar-refractivity contribution >= 4 is 28.8 Å². The van der Waals surface area contributed by atoms with Crippen LogP contribution in [0.15, 0.2) is 30.3 Å². The zero-order valence-corrected chi connectivity index (χ0v) is 20.8. The number of likely N-dealkylation sites (tertiary alicyclic amines) is 1. The van der Waals surface area contributed by atoms with Crippen LogP contribution in [-0.2, 0) is 25.6 Å². The van der Waals surface area contributed by atoms with E-state index in [4.69, 9.17) is 0 Å². The van der Waals surface area contributed by atoms with Crippen LogP contribution >= 0.6 is 0 Å². The second-order valence-electron chi connectivity index (χ2n) is 8.82. The summed E-state index contributed by atoms with van der Waals surface area (Å²) in [5, 5.41) is 5.71. The number of rotatable bonds is 15. The molecule has 3 atom stereocenters. The molecule has 8 heteroatoms. The van der Waals surface area contributed by atoms with Gasteiger partial charge in [0.15, 0.2) is 5.75 Å². The molecular weight excluding hydrogens is 438 g/mol. The minimum atomic E-state index is -1.25. The number of unbranched alkanes of at least 4 members (excludes halogenated alkanes) is 2. The summed E-state index contributed by atoms with van der Waals surface area (Å²) in [6.45, 7) is 5.15. The van der Waals surface area contributed by atoms with Crippen LogP contribution in [0.4, 0.5) is 0 Å². The van der Waals surface area contributed by atoms with Crippen molar-refractivity contribution in [1.29, 1.82) is 0 Å². The molecule has 33 heavy (non-hydrogen) atoms. The fourth-order valence-electron chi connectivity index (χ4n) is 4.21. The Morgan fingerprint density at radius 1 is 1.18 bits per heavy atom. The van der Waals surface area contributed by atoms with Crippen LogP contribution in [0.2, 0.25) is 0 Å². The van der Waals surface area contributed by atoms with Crippen molar-refractivity contribution in [1.82, 2.24) is 15.5 Å². The molecule has 0 radical (unpaired) electrons.